The molecule has 0 spiro atoms. The minimum atomic E-state index is -5.70. The van der Waals surface area contributed by atoms with E-state index >= 15 is 0 Å². The first-order valence-electron chi connectivity index (χ1n) is 26.6. The van der Waals surface area contributed by atoms with Crippen molar-refractivity contribution in [3.63, 3.8) is 0 Å². The number of anilines is 1. The molecule has 2 unspecified atom stereocenters. The van der Waals surface area contributed by atoms with Gasteiger partial charge >= 0.3 is 33.3 Å². The lowest BCUT2D eigenvalue weighted by molar-refractivity contribution is -0.194. The number of aromatic nitrogens is 2. The Balaban J connectivity index is 1.79. The number of allylic oxidation sites excluding steroid dienone is 2. The van der Waals surface area contributed by atoms with Crippen molar-refractivity contribution in [1.82, 2.24) is 9.55 Å². The summed E-state index contributed by atoms with van der Waals surface area (Å²) in [7, 11) is -11.3. The van der Waals surface area contributed by atoms with Crippen LogP contribution >= 0.6 is 15.6 Å². The molecule has 1 saturated heterocycles. The largest absolute Gasteiger partial charge is 0.481 e. The van der Waals surface area contributed by atoms with Crippen molar-refractivity contribution < 1.29 is 81.6 Å². The normalized spacial score (nSPS) is 30.5. The zero-order valence-electron chi connectivity index (χ0n) is 43.0. The van der Waals surface area contributed by atoms with Gasteiger partial charge in [-0.3, -0.25) is 23.2 Å². The van der Waals surface area contributed by atoms with Gasteiger partial charge in [0, 0.05) is 37.3 Å². The van der Waals surface area contributed by atoms with E-state index in [-0.39, 0.29) is 31.5 Å². The molecule has 21 nitrogen and oxygen atoms in total. The summed E-state index contributed by atoms with van der Waals surface area (Å²) >= 11 is 0. The molecule has 1 fully saturated rings. The van der Waals surface area contributed by atoms with Crippen LogP contribution in [-0.2, 0) is 46.3 Å². The number of cyclic esters (lactones) is 1. The molecule has 0 aliphatic carbocycles. The van der Waals surface area contributed by atoms with Crippen molar-refractivity contribution in [3.05, 3.63) is 47.1 Å². The Morgan fingerprint density at radius 1 is 0.822 bits per heavy atom. The number of hydrogen-bond donors (Lipinski definition) is 8. The first-order chi connectivity index (χ1) is 34.9. The van der Waals surface area contributed by atoms with Crippen LogP contribution in [0.1, 0.15) is 181 Å². The smallest absolute Gasteiger partial charge is 0.462 e. The molecule has 2 bridgehead atoms. The third-order valence-corrected chi connectivity index (χ3v) is 15.7. The van der Waals surface area contributed by atoms with Crippen molar-refractivity contribution in [3.8, 4) is 0 Å². The highest BCUT2D eigenvalue weighted by Gasteiger charge is 2.45. The minimum absolute atomic E-state index is 0.00497. The highest BCUT2D eigenvalue weighted by atomic mass is 31.3. The molecule has 2 aliphatic heterocycles. The average molecular weight is 1080 g/mol. The molecule has 0 radical (unpaired) electrons. The second-order valence-electron chi connectivity index (χ2n) is 19.4. The Kier molecular flexibility index (Phi) is 31.3. The Bertz CT molecular complexity index is 1940. The van der Waals surface area contributed by atoms with Crippen LogP contribution in [0.3, 0.4) is 0 Å². The number of nitrogens with two attached hydrogens (primary N) is 1. The first kappa shape index (κ1) is 64.4. The van der Waals surface area contributed by atoms with Crippen LogP contribution in [-0.4, -0.2) is 119 Å². The summed E-state index contributed by atoms with van der Waals surface area (Å²) in [5, 5.41) is 57.5. The Hall–Kier alpha value is -2.88. The number of ether oxygens (including phenoxy) is 3. The van der Waals surface area contributed by atoms with Gasteiger partial charge in [0.2, 0.25) is 0 Å². The summed E-state index contributed by atoms with van der Waals surface area (Å²) < 4.78 is 59.1. The summed E-state index contributed by atoms with van der Waals surface area (Å²) in [6, 6.07) is 1.24. The van der Waals surface area contributed by atoms with E-state index in [2.05, 4.69) is 16.2 Å². The van der Waals surface area contributed by atoms with Crippen LogP contribution in [0.4, 0.5) is 5.82 Å². The molecule has 3 rings (SSSR count). The van der Waals surface area contributed by atoms with E-state index in [1.807, 2.05) is 6.92 Å². The summed E-state index contributed by atoms with van der Waals surface area (Å²) in [6.45, 7) is 1.50. The summed E-state index contributed by atoms with van der Waals surface area (Å²) in [6.07, 6.45) is 13.6. The number of phosphoric acid groups is 2. The van der Waals surface area contributed by atoms with Crippen molar-refractivity contribution in [1.29, 1.82) is 0 Å². The molecule has 9 N–H and O–H groups in total. The fourth-order valence-corrected chi connectivity index (χ4v) is 10.9. The monoisotopic (exact) mass is 1080 g/mol. The van der Waals surface area contributed by atoms with E-state index in [9.17, 15) is 58.8 Å². The SMILES string of the molecule is CCCCCCCCCCCCCCCCCC(=O)O[C@@H]1COC(=O)CCC/C=C\C[C@@H]2[C@H](n3ccc(N)nc3=O)O[C@H](COP(=O)(O)OP(=O)(O)OC1)[C@@H](O)[C@@H](O)[C@@H](/C=C/[C@@H](O)CCCCC)[C@H](O)C[C@@H]2O. The average Bonchev–Trinajstić information content (AvgIpc) is 3.33. The van der Waals surface area contributed by atoms with Gasteiger partial charge in [0.25, 0.3) is 0 Å². The number of hydrogen-bond acceptors (Lipinski definition) is 18. The van der Waals surface area contributed by atoms with Gasteiger partial charge in [0.1, 0.15) is 30.9 Å². The molecule has 0 saturated carbocycles. The van der Waals surface area contributed by atoms with Crippen LogP contribution in [0.5, 0.6) is 0 Å². The maximum Gasteiger partial charge on any atom is 0.481 e. The van der Waals surface area contributed by atoms with Gasteiger partial charge in [0.05, 0.1) is 37.6 Å². The molecular weight excluding hydrogens is 993 g/mol. The fraction of sp³-hybridized carbons (Fsp3) is 0.800. The van der Waals surface area contributed by atoms with E-state index in [1.165, 1.54) is 88.6 Å². The second-order valence-corrected chi connectivity index (χ2v) is 22.4. The lowest BCUT2D eigenvalue weighted by atomic mass is 9.82. The fourth-order valence-electron chi connectivity index (χ4n) is 8.82. The van der Waals surface area contributed by atoms with Gasteiger partial charge in [-0.2, -0.15) is 9.29 Å². The number of carbonyl (C=O) groups excluding carboxylic acids is 2. The first-order valence-corrected chi connectivity index (χ1v) is 29.6. The van der Waals surface area contributed by atoms with Gasteiger partial charge in [-0.25, -0.2) is 13.9 Å². The van der Waals surface area contributed by atoms with Gasteiger partial charge in [0.15, 0.2) is 6.10 Å². The number of fused-ring (bicyclic) bond motifs is 3. The zero-order valence-corrected chi connectivity index (χ0v) is 44.8. The van der Waals surface area contributed by atoms with Gasteiger partial charge in [-0.05, 0) is 38.2 Å². The molecule has 12 atom stereocenters. The van der Waals surface area contributed by atoms with E-state index in [0.29, 0.717) is 25.7 Å². The van der Waals surface area contributed by atoms with Crippen LogP contribution in [0, 0.1) is 11.8 Å². The van der Waals surface area contributed by atoms with E-state index in [0.717, 1.165) is 43.1 Å². The molecule has 1 aromatic heterocycles. The van der Waals surface area contributed by atoms with Crippen molar-refractivity contribution in [2.75, 3.05) is 25.6 Å². The maximum atomic E-state index is 13.4. The van der Waals surface area contributed by atoms with Crippen LogP contribution in [0.2, 0.25) is 0 Å². The topological polar surface area (TPSA) is 326 Å². The van der Waals surface area contributed by atoms with Gasteiger partial charge in [-0.15, -0.1) is 0 Å². The molecule has 1 aromatic rings. The molecule has 23 heteroatoms. The third kappa shape index (κ3) is 26.2. The number of rotatable bonds is 24. The molecule has 420 valence electrons. The number of unbranched alkanes of at least 4 members (excludes halogenated alkanes) is 16. The lowest BCUT2D eigenvalue weighted by Crippen LogP contribution is -2.52. The Morgan fingerprint density at radius 2 is 1.41 bits per heavy atom. The number of nitrogen functional groups attached to an aromatic ring is 1. The predicted molar refractivity (Wildman–Crippen MR) is 272 cm³/mol. The van der Waals surface area contributed by atoms with Crippen molar-refractivity contribution in [2.45, 2.75) is 223 Å². The highest BCUT2D eigenvalue weighted by Crippen LogP contribution is 2.60. The Labute approximate surface area is 431 Å². The number of aliphatic hydroxyl groups is 5. The quantitative estimate of drug-likeness (QED) is 0.0216. The van der Waals surface area contributed by atoms with E-state index in [1.54, 1.807) is 12.2 Å². The van der Waals surface area contributed by atoms with Crippen molar-refractivity contribution >= 4 is 33.4 Å². The number of phosphoric ester groups is 2. The molecule has 2 aliphatic rings. The van der Waals surface area contributed by atoms with Crippen LogP contribution in [0.15, 0.2) is 41.4 Å². The zero-order chi connectivity index (χ0) is 53.7. The maximum absolute atomic E-state index is 13.4. The number of nitrogens with zero attached hydrogens (tertiary/aromatic N) is 2. The summed E-state index contributed by atoms with van der Waals surface area (Å²) in [4.78, 5) is 64.3. The van der Waals surface area contributed by atoms with E-state index in [4.69, 9.17) is 29.0 Å². The van der Waals surface area contributed by atoms with E-state index < -0.39 is 120 Å². The summed E-state index contributed by atoms with van der Waals surface area (Å²) in [5.41, 5.74) is 4.78. The second kappa shape index (κ2) is 35.4. The van der Waals surface area contributed by atoms with Crippen LogP contribution in [0.25, 0.3) is 0 Å². The van der Waals surface area contributed by atoms with Crippen molar-refractivity contribution in [2.24, 2.45) is 11.8 Å². The van der Waals surface area contributed by atoms with Crippen LogP contribution < -0.4 is 11.4 Å². The summed E-state index contributed by atoms with van der Waals surface area (Å²) in [5.74, 6) is -4.14. The molecule has 0 aromatic carbocycles. The molecular formula is C50H87N3O18P2. The molecule has 3 heterocycles. The van der Waals surface area contributed by atoms with Gasteiger partial charge in [-0.1, -0.05) is 147 Å². The highest BCUT2D eigenvalue weighted by molar-refractivity contribution is 7.61. The number of aliphatic hydroxyl groups excluding tert-OH is 5. The predicted octanol–water partition coefficient (Wildman–Crippen LogP) is 7.38. The Morgan fingerprint density at radius 3 is 2.03 bits per heavy atom. The molecule has 73 heavy (non-hydrogen) atoms. The minimum Gasteiger partial charge on any atom is -0.462 e. The lowest BCUT2D eigenvalue weighted by Gasteiger charge is -2.40. The molecule has 0 amide bonds. The third-order valence-electron chi connectivity index (χ3n) is 13.1. The number of carbonyl (C=O) groups is 2. The standard InChI is InChI=1S/C50H87N3O18P2/c1-3-5-7-8-9-10-11-12-13-14-15-16-17-18-24-28-46(58)69-38-34-66-45(57)27-23-20-19-22-26-40-42(56)33-41(55)39(30-29-37(54)25-21-6-4-2)47(59)48(60)43(36-68-73(64,65)71-72(62,63)67-35-38)70-49(40)53-32-31-44(51)52-50(53)61/h19,22,29-32,37-43,47-49,54-56,59-60H,3-18,20-21,23-28,33-36H2,1-2H3,(H,62,63)(H,64,65)(H2,51,52,61)/b22-19-,30-29+/t37-,38+,39-,40-,41+,42-,43+,47-,48+,49+/m0/s1. The number of esters is 2. The van der Waals surface area contributed by atoms with Gasteiger partial charge < -0.3 is 55.3 Å².